The van der Waals surface area contributed by atoms with Gasteiger partial charge in [-0.3, -0.25) is 0 Å². The molecular weight excluding hydrogens is 256 g/mol. The third-order valence-electron chi connectivity index (χ3n) is 3.71. The number of aryl methyl sites for hydroxylation is 1. The van der Waals surface area contributed by atoms with Gasteiger partial charge in [-0.2, -0.15) is 4.99 Å². The maximum absolute atomic E-state index is 5.42. The van der Waals surface area contributed by atoms with Crippen LogP contribution in [0.3, 0.4) is 0 Å². The van der Waals surface area contributed by atoms with Crippen molar-refractivity contribution in [3.63, 3.8) is 0 Å². The standard InChI is InChI=1S/C14H24N4S/c1-2-3-4-6-10-7-5-8-12-11(9-10)17-14(19-12)18-13(15)16/h10H,2-9H2,1H3,(H4,15,16,17,18). The predicted octanol–water partition coefficient (Wildman–Crippen LogP) is 3.12. The minimum Gasteiger partial charge on any atom is -0.370 e. The van der Waals surface area contributed by atoms with E-state index in [0.717, 1.165) is 23.9 Å². The summed E-state index contributed by atoms with van der Waals surface area (Å²) in [7, 11) is 0. The van der Waals surface area contributed by atoms with Crippen LogP contribution in [-0.2, 0) is 12.8 Å². The highest BCUT2D eigenvalue weighted by Crippen LogP contribution is 2.33. The first-order valence-electron chi connectivity index (χ1n) is 7.27. The van der Waals surface area contributed by atoms with Crippen LogP contribution < -0.4 is 11.5 Å². The summed E-state index contributed by atoms with van der Waals surface area (Å²) in [5, 5.41) is 0.721. The van der Waals surface area contributed by atoms with Crippen LogP contribution in [0.5, 0.6) is 0 Å². The van der Waals surface area contributed by atoms with Gasteiger partial charge in [0.05, 0.1) is 5.69 Å². The lowest BCUT2D eigenvalue weighted by Crippen LogP contribution is -2.21. The summed E-state index contributed by atoms with van der Waals surface area (Å²) in [6, 6.07) is 0. The second kappa shape index (κ2) is 6.89. The van der Waals surface area contributed by atoms with Gasteiger partial charge in [-0.05, 0) is 31.6 Å². The number of nitrogens with two attached hydrogens (primary N) is 2. The SMILES string of the molecule is CCCCCC1CCCc2sc(N=C(N)N)nc2C1. The van der Waals surface area contributed by atoms with Crippen LogP contribution in [0.25, 0.3) is 0 Å². The lowest BCUT2D eigenvalue weighted by Gasteiger charge is -2.12. The molecule has 4 nitrogen and oxygen atoms in total. The first-order chi connectivity index (χ1) is 9.19. The number of nitrogens with zero attached hydrogens (tertiary/aromatic N) is 2. The van der Waals surface area contributed by atoms with Gasteiger partial charge in [-0.25, -0.2) is 4.98 Å². The highest BCUT2D eigenvalue weighted by molar-refractivity contribution is 7.15. The maximum Gasteiger partial charge on any atom is 0.212 e. The van der Waals surface area contributed by atoms with Gasteiger partial charge in [0, 0.05) is 4.88 Å². The first-order valence-corrected chi connectivity index (χ1v) is 8.09. The largest absolute Gasteiger partial charge is 0.370 e. The molecule has 1 aromatic rings. The fourth-order valence-electron chi connectivity index (χ4n) is 2.74. The molecule has 5 heteroatoms. The van der Waals surface area contributed by atoms with Crippen molar-refractivity contribution >= 4 is 22.4 Å². The van der Waals surface area contributed by atoms with Crippen LogP contribution in [0.1, 0.15) is 56.0 Å². The number of hydrogen-bond donors (Lipinski definition) is 2. The Morgan fingerprint density at radius 3 is 3.00 bits per heavy atom. The molecule has 0 saturated heterocycles. The van der Waals surface area contributed by atoms with E-state index >= 15 is 0 Å². The molecule has 2 rings (SSSR count). The Balaban J connectivity index is 2.02. The lowest BCUT2D eigenvalue weighted by atomic mass is 9.93. The molecule has 1 unspecified atom stereocenters. The zero-order valence-corrected chi connectivity index (χ0v) is 12.5. The molecule has 1 heterocycles. The summed E-state index contributed by atoms with van der Waals surface area (Å²) < 4.78 is 0. The molecule has 1 aliphatic carbocycles. The van der Waals surface area contributed by atoms with E-state index in [2.05, 4.69) is 16.9 Å². The monoisotopic (exact) mass is 280 g/mol. The molecule has 0 saturated carbocycles. The first kappa shape index (κ1) is 14.3. The number of rotatable bonds is 5. The van der Waals surface area contributed by atoms with Crippen LogP contribution in [-0.4, -0.2) is 10.9 Å². The lowest BCUT2D eigenvalue weighted by molar-refractivity contribution is 0.423. The van der Waals surface area contributed by atoms with Gasteiger partial charge in [0.25, 0.3) is 0 Å². The van der Waals surface area contributed by atoms with Crippen molar-refractivity contribution in [1.82, 2.24) is 4.98 Å². The molecular formula is C14H24N4S. The summed E-state index contributed by atoms with van der Waals surface area (Å²) in [5.74, 6) is 0.894. The van der Waals surface area contributed by atoms with Crippen LogP contribution in [0.2, 0.25) is 0 Å². The van der Waals surface area contributed by atoms with Crippen molar-refractivity contribution in [2.24, 2.45) is 22.4 Å². The average Bonchev–Trinajstić information content (AvgIpc) is 2.60. The zero-order chi connectivity index (χ0) is 13.7. The minimum absolute atomic E-state index is 0.100. The van der Waals surface area contributed by atoms with E-state index in [-0.39, 0.29) is 5.96 Å². The van der Waals surface area contributed by atoms with Crippen LogP contribution in [0.15, 0.2) is 4.99 Å². The third-order valence-corrected chi connectivity index (χ3v) is 4.76. The molecule has 0 aliphatic heterocycles. The molecule has 0 amide bonds. The van der Waals surface area contributed by atoms with Gasteiger partial charge in [0.15, 0.2) is 5.96 Å². The summed E-state index contributed by atoms with van der Waals surface area (Å²) >= 11 is 1.65. The fourth-order valence-corrected chi connectivity index (χ4v) is 3.76. The minimum atomic E-state index is 0.100. The Bertz CT molecular complexity index is 435. The van der Waals surface area contributed by atoms with E-state index in [4.69, 9.17) is 11.5 Å². The van der Waals surface area contributed by atoms with Crippen LogP contribution in [0.4, 0.5) is 5.13 Å². The van der Waals surface area contributed by atoms with E-state index in [1.165, 1.54) is 49.1 Å². The van der Waals surface area contributed by atoms with Gasteiger partial charge in [0.2, 0.25) is 5.13 Å². The summed E-state index contributed by atoms with van der Waals surface area (Å²) in [5.41, 5.74) is 12.1. The third kappa shape index (κ3) is 4.20. The highest BCUT2D eigenvalue weighted by atomic mass is 32.1. The van der Waals surface area contributed by atoms with E-state index in [9.17, 15) is 0 Å². The highest BCUT2D eigenvalue weighted by Gasteiger charge is 2.20. The smallest absolute Gasteiger partial charge is 0.212 e. The van der Waals surface area contributed by atoms with Crippen molar-refractivity contribution in [3.8, 4) is 0 Å². The second-order valence-corrected chi connectivity index (χ2v) is 6.42. The van der Waals surface area contributed by atoms with Crippen molar-refractivity contribution in [1.29, 1.82) is 0 Å². The van der Waals surface area contributed by atoms with E-state index in [1.54, 1.807) is 11.3 Å². The van der Waals surface area contributed by atoms with E-state index in [0.29, 0.717) is 0 Å². The van der Waals surface area contributed by atoms with Crippen molar-refractivity contribution in [2.75, 3.05) is 0 Å². The molecule has 0 fully saturated rings. The quantitative estimate of drug-likeness (QED) is 0.376. The van der Waals surface area contributed by atoms with Gasteiger partial charge in [-0.15, -0.1) is 0 Å². The molecule has 106 valence electrons. The topological polar surface area (TPSA) is 77.3 Å². The molecule has 0 radical (unpaired) electrons. The van der Waals surface area contributed by atoms with Gasteiger partial charge in [0.1, 0.15) is 0 Å². The predicted molar refractivity (Wildman–Crippen MR) is 81.9 cm³/mol. The molecule has 1 aromatic heterocycles. The Morgan fingerprint density at radius 2 is 2.26 bits per heavy atom. The summed E-state index contributed by atoms with van der Waals surface area (Å²) in [6.45, 7) is 2.26. The maximum atomic E-state index is 5.42. The second-order valence-electron chi connectivity index (χ2n) is 5.36. The molecule has 4 N–H and O–H groups in total. The van der Waals surface area contributed by atoms with Gasteiger partial charge < -0.3 is 11.5 Å². The van der Waals surface area contributed by atoms with Crippen LogP contribution >= 0.6 is 11.3 Å². The molecule has 1 aliphatic rings. The summed E-state index contributed by atoms with van der Waals surface area (Å²) in [4.78, 5) is 10.1. The number of aliphatic imine (C=N–C) groups is 1. The van der Waals surface area contributed by atoms with Gasteiger partial charge >= 0.3 is 0 Å². The molecule has 0 aromatic carbocycles. The molecule has 1 atom stereocenters. The van der Waals surface area contributed by atoms with Crippen molar-refractivity contribution in [2.45, 2.75) is 58.3 Å². The fraction of sp³-hybridized carbons (Fsp3) is 0.714. The normalized spacial score (nSPS) is 18.7. The zero-order valence-electron chi connectivity index (χ0n) is 11.7. The number of hydrogen-bond acceptors (Lipinski definition) is 3. The Labute approximate surface area is 119 Å². The van der Waals surface area contributed by atoms with Gasteiger partial charge in [-0.1, -0.05) is 43.9 Å². The number of thiazole rings is 1. The van der Waals surface area contributed by atoms with E-state index < -0.39 is 0 Å². The molecule has 0 bridgehead atoms. The molecule has 19 heavy (non-hydrogen) atoms. The number of fused-ring (bicyclic) bond motifs is 1. The van der Waals surface area contributed by atoms with Crippen molar-refractivity contribution < 1.29 is 0 Å². The summed E-state index contributed by atoms with van der Waals surface area (Å²) in [6.07, 6.45) is 10.2. The number of aromatic nitrogens is 1. The molecule has 0 spiro atoms. The Kier molecular flexibility index (Phi) is 5.19. The average molecular weight is 280 g/mol. The Morgan fingerprint density at radius 1 is 1.42 bits per heavy atom. The van der Waals surface area contributed by atoms with Crippen LogP contribution in [0, 0.1) is 5.92 Å². The van der Waals surface area contributed by atoms with Crippen molar-refractivity contribution in [3.05, 3.63) is 10.6 Å². The number of guanidine groups is 1. The number of unbranched alkanes of at least 4 members (excludes halogenated alkanes) is 2. The Hall–Kier alpha value is -1.10. The van der Waals surface area contributed by atoms with E-state index in [1.807, 2.05) is 0 Å².